The van der Waals surface area contributed by atoms with Crippen LogP contribution in [0.3, 0.4) is 0 Å². The highest BCUT2D eigenvalue weighted by Gasteiger charge is 2.25. The van der Waals surface area contributed by atoms with Crippen LogP contribution in [0, 0.1) is 0 Å². The van der Waals surface area contributed by atoms with Crippen molar-refractivity contribution in [3.05, 3.63) is 39.8 Å². The molecule has 0 bridgehead atoms. The zero-order chi connectivity index (χ0) is 18.8. The van der Waals surface area contributed by atoms with E-state index < -0.39 is 0 Å². The van der Waals surface area contributed by atoms with E-state index in [1.165, 1.54) is 11.8 Å². The molecule has 8 heteroatoms. The molecule has 0 aliphatic carbocycles. The van der Waals surface area contributed by atoms with Gasteiger partial charge in [0.2, 0.25) is 5.91 Å². The van der Waals surface area contributed by atoms with Crippen LogP contribution in [0.15, 0.2) is 28.2 Å². The fourth-order valence-corrected chi connectivity index (χ4v) is 4.10. The Labute approximate surface area is 155 Å². The van der Waals surface area contributed by atoms with Crippen molar-refractivity contribution in [2.45, 2.75) is 50.6 Å². The van der Waals surface area contributed by atoms with Gasteiger partial charge in [0, 0.05) is 31.3 Å². The summed E-state index contributed by atoms with van der Waals surface area (Å²) in [7, 11) is 0. The molecular formula is C18H22N4O3S. The van der Waals surface area contributed by atoms with Gasteiger partial charge in [0.05, 0.1) is 5.25 Å². The Kier molecular flexibility index (Phi) is 5.31. The molecule has 1 aromatic carbocycles. The molecule has 1 aromatic heterocycles. The number of aromatic amines is 1. The Morgan fingerprint density at radius 3 is 2.85 bits per heavy atom. The average Bonchev–Trinajstić information content (AvgIpc) is 3.19. The lowest BCUT2D eigenvalue weighted by atomic mass is 10.0. The van der Waals surface area contributed by atoms with Gasteiger partial charge in [-0.05, 0) is 43.5 Å². The lowest BCUT2D eigenvalue weighted by molar-refractivity contribution is -0.116. The van der Waals surface area contributed by atoms with Gasteiger partial charge in [-0.3, -0.25) is 14.2 Å². The van der Waals surface area contributed by atoms with Gasteiger partial charge in [0.1, 0.15) is 0 Å². The molecule has 1 N–H and O–H groups in total. The highest BCUT2D eigenvalue weighted by molar-refractivity contribution is 8.00. The number of thioether (sulfide) groups is 1. The Hall–Kier alpha value is -2.35. The molecule has 26 heavy (non-hydrogen) atoms. The van der Waals surface area contributed by atoms with Crippen LogP contribution in [-0.4, -0.2) is 38.2 Å². The molecule has 0 unspecified atom stereocenters. The Balaban J connectivity index is 1.78. The van der Waals surface area contributed by atoms with Crippen molar-refractivity contribution in [1.82, 2.24) is 14.8 Å². The third kappa shape index (κ3) is 3.46. The van der Waals surface area contributed by atoms with E-state index in [0.29, 0.717) is 23.8 Å². The largest absolute Gasteiger partial charge is 0.343 e. The molecule has 1 amide bonds. The van der Waals surface area contributed by atoms with Gasteiger partial charge in [-0.25, -0.2) is 9.89 Å². The first-order valence-corrected chi connectivity index (χ1v) is 9.57. The van der Waals surface area contributed by atoms with Gasteiger partial charge in [-0.1, -0.05) is 18.7 Å². The summed E-state index contributed by atoms with van der Waals surface area (Å²) in [5, 5.41) is 6.63. The molecule has 138 valence electrons. The molecule has 0 saturated heterocycles. The first kappa shape index (κ1) is 18.4. The lowest BCUT2D eigenvalue weighted by Crippen LogP contribution is -2.25. The lowest BCUT2D eigenvalue weighted by Gasteiger charge is -2.15. The molecular weight excluding hydrogens is 352 g/mol. The van der Waals surface area contributed by atoms with E-state index in [4.69, 9.17) is 0 Å². The standard InChI is InChI=1S/C18H22N4O3S/c1-4-8-22-17(25)19-20-18(22)26-11(2)16(24)14-5-6-15-13(10-14)7-9-21(15)12(3)23/h5-6,10-11H,4,7-9H2,1-3H3,(H,19,25)/t11-/m1/s1. The summed E-state index contributed by atoms with van der Waals surface area (Å²) < 4.78 is 1.56. The highest BCUT2D eigenvalue weighted by atomic mass is 32.2. The molecule has 1 atom stereocenters. The number of amides is 1. The van der Waals surface area contributed by atoms with Crippen molar-refractivity contribution in [1.29, 1.82) is 0 Å². The molecule has 0 radical (unpaired) electrons. The fraction of sp³-hybridized carbons (Fsp3) is 0.444. The van der Waals surface area contributed by atoms with E-state index in [-0.39, 0.29) is 22.6 Å². The molecule has 2 aromatic rings. The maximum atomic E-state index is 12.8. The van der Waals surface area contributed by atoms with Gasteiger partial charge >= 0.3 is 5.69 Å². The minimum Gasteiger partial charge on any atom is -0.312 e. The second-order valence-corrected chi connectivity index (χ2v) is 7.66. The van der Waals surface area contributed by atoms with Crippen LogP contribution in [0.4, 0.5) is 5.69 Å². The number of nitrogens with zero attached hydrogens (tertiary/aromatic N) is 3. The number of ketones is 1. The van der Waals surface area contributed by atoms with Crippen LogP contribution in [-0.2, 0) is 17.8 Å². The summed E-state index contributed by atoms with van der Waals surface area (Å²) in [5.74, 6) is -0.00301. The first-order valence-electron chi connectivity index (χ1n) is 8.69. The van der Waals surface area contributed by atoms with Crippen molar-refractivity contribution < 1.29 is 9.59 Å². The predicted octanol–water partition coefficient (Wildman–Crippen LogP) is 2.25. The number of fused-ring (bicyclic) bond motifs is 1. The van der Waals surface area contributed by atoms with Gasteiger partial charge in [0.15, 0.2) is 10.9 Å². The summed E-state index contributed by atoms with van der Waals surface area (Å²) in [4.78, 5) is 38.0. The van der Waals surface area contributed by atoms with Crippen molar-refractivity contribution in [2.24, 2.45) is 0 Å². The molecule has 3 rings (SSSR count). The molecule has 0 fully saturated rings. The summed E-state index contributed by atoms with van der Waals surface area (Å²) in [6, 6.07) is 5.49. The van der Waals surface area contributed by atoms with E-state index in [2.05, 4.69) is 10.2 Å². The second kappa shape index (κ2) is 7.49. The minimum atomic E-state index is -0.371. The minimum absolute atomic E-state index is 0.0131. The second-order valence-electron chi connectivity index (χ2n) is 6.35. The third-order valence-electron chi connectivity index (χ3n) is 4.46. The van der Waals surface area contributed by atoms with Crippen LogP contribution in [0.1, 0.15) is 43.1 Å². The number of nitrogens with one attached hydrogen (secondary N) is 1. The smallest absolute Gasteiger partial charge is 0.312 e. The number of benzene rings is 1. The quantitative estimate of drug-likeness (QED) is 0.619. The van der Waals surface area contributed by atoms with E-state index in [9.17, 15) is 14.4 Å². The summed E-state index contributed by atoms with van der Waals surface area (Å²) in [6.45, 7) is 6.57. The molecule has 7 nitrogen and oxygen atoms in total. The summed E-state index contributed by atoms with van der Waals surface area (Å²) >= 11 is 1.28. The van der Waals surface area contributed by atoms with Crippen molar-refractivity contribution in [3.63, 3.8) is 0 Å². The molecule has 1 aliphatic heterocycles. The van der Waals surface area contributed by atoms with Gasteiger partial charge in [-0.2, -0.15) is 0 Å². The van der Waals surface area contributed by atoms with Crippen LogP contribution < -0.4 is 10.6 Å². The average molecular weight is 374 g/mol. The summed E-state index contributed by atoms with van der Waals surface area (Å²) in [5.41, 5.74) is 2.27. The van der Waals surface area contributed by atoms with Gasteiger partial charge in [0.25, 0.3) is 0 Å². The van der Waals surface area contributed by atoms with E-state index >= 15 is 0 Å². The predicted molar refractivity (Wildman–Crippen MR) is 101 cm³/mol. The maximum Gasteiger partial charge on any atom is 0.343 e. The zero-order valence-corrected chi connectivity index (χ0v) is 15.9. The number of hydrogen-bond donors (Lipinski definition) is 1. The highest BCUT2D eigenvalue weighted by Crippen LogP contribution is 2.30. The number of aromatic nitrogens is 3. The van der Waals surface area contributed by atoms with Crippen molar-refractivity contribution >= 4 is 29.1 Å². The normalized spacial score (nSPS) is 14.3. The topological polar surface area (TPSA) is 88.1 Å². The zero-order valence-electron chi connectivity index (χ0n) is 15.1. The first-order chi connectivity index (χ1) is 12.4. The Morgan fingerprint density at radius 1 is 1.38 bits per heavy atom. The molecule has 2 heterocycles. The number of hydrogen-bond acceptors (Lipinski definition) is 5. The Morgan fingerprint density at radius 2 is 2.15 bits per heavy atom. The third-order valence-corrected chi connectivity index (χ3v) is 5.55. The number of H-pyrrole nitrogens is 1. The summed E-state index contributed by atoms with van der Waals surface area (Å²) in [6.07, 6.45) is 1.57. The maximum absolute atomic E-state index is 12.8. The van der Waals surface area contributed by atoms with E-state index in [1.54, 1.807) is 22.5 Å². The Bertz CT molecular complexity index is 902. The van der Waals surface area contributed by atoms with Crippen LogP contribution in [0.2, 0.25) is 0 Å². The van der Waals surface area contributed by atoms with Crippen molar-refractivity contribution in [2.75, 3.05) is 11.4 Å². The number of anilines is 1. The number of rotatable bonds is 6. The van der Waals surface area contributed by atoms with Gasteiger partial charge in [-0.15, -0.1) is 5.10 Å². The number of carbonyl (C=O) groups excluding carboxylic acids is 2. The van der Waals surface area contributed by atoms with E-state index in [0.717, 1.165) is 24.1 Å². The fourth-order valence-electron chi connectivity index (χ4n) is 3.14. The molecule has 1 aliphatic rings. The van der Waals surface area contributed by atoms with Crippen LogP contribution >= 0.6 is 11.8 Å². The molecule has 0 spiro atoms. The van der Waals surface area contributed by atoms with Crippen molar-refractivity contribution in [3.8, 4) is 0 Å². The van der Waals surface area contributed by atoms with Gasteiger partial charge < -0.3 is 4.90 Å². The number of carbonyl (C=O) groups is 2. The SMILES string of the molecule is CCCn1c(S[C@H](C)C(=O)c2ccc3c(c2)CCN3C(C)=O)n[nH]c1=O. The van der Waals surface area contributed by atoms with E-state index in [1.807, 2.05) is 26.0 Å². The van der Waals surface area contributed by atoms with Crippen LogP contribution in [0.5, 0.6) is 0 Å². The monoisotopic (exact) mass is 374 g/mol. The molecule has 0 saturated carbocycles. The number of Topliss-reactive ketones (excluding diaryl/α,β-unsaturated/α-hetero) is 1. The van der Waals surface area contributed by atoms with Crippen LogP contribution in [0.25, 0.3) is 0 Å².